The van der Waals surface area contributed by atoms with E-state index in [1.54, 1.807) is 11.0 Å². The van der Waals surface area contributed by atoms with Gasteiger partial charge in [-0.25, -0.2) is 9.18 Å². The molecule has 5 nitrogen and oxygen atoms in total. The summed E-state index contributed by atoms with van der Waals surface area (Å²) in [7, 11) is 0. The molecule has 1 saturated heterocycles. The summed E-state index contributed by atoms with van der Waals surface area (Å²) in [6.45, 7) is 7.31. The largest absolute Gasteiger partial charge is 0.488 e. The second-order valence-corrected chi connectivity index (χ2v) is 10.1. The lowest BCUT2D eigenvalue weighted by Crippen LogP contribution is -2.41. The van der Waals surface area contributed by atoms with Crippen LogP contribution in [0.4, 0.5) is 9.18 Å². The number of ether oxygens (including phenoxy) is 3. The molecule has 1 aliphatic rings. The van der Waals surface area contributed by atoms with Gasteiger partial charge < -0.3 is 19.1 Å². The third-order valence-corrected chi connectivity index (χ3v) is 6.13. The van der Waals surface area contributed by atoms with Crippen molar-refractivity contribution in [2.45, 2.75) is 58.3 Å². The molecule has 0 radical (unpaired) electrons. The Kier molecular flexibility index (Phi) is 8.14. The minimum absolute atomic E-state index is 0.0622. The molecule has 0 aromatic heterocycles. The molecule has 1 amide bonds. The van der Waals surface area contributed by atoms with Gasteiger partial charge in [0.1, 0.15) is 24.6 Å². The smallest absolute Gasteiger partial charge is 0.410 e. The van der Waals surface area contributed by atoms with Crippen LogP contribution in [0, 0.1) is 5.82 Å². The lowest BCUT2D eigenvalue weighted by molar-refractivity contribution is 0.0204. The summed E-state index contributed by atoms with van der Waals surface area (Å²) >= 11 is 0. The molecule has 0 aliphatic carbocycles. The van der Waals surface area contributed by atoms with Crippen LogP contribution >= 0.6 is 0 Å². The molecule has 0 bridgehead atoms. The van der Waals surface area contributed by atoms with Gasteiger partial charge in [-0.1, -0.05) is 60.7 Å². The fourth-order valence-corrected chi connectivity index (χ4v) is 4.27. The molecule has 4 rings (SSSR count). The maximum Gasteiger partial charge on any atom is 0.410 e. The molecule has 0 saturated carbocycles. The van der Waals surface area contributed by atoms with Gasteiger partial charge in [0.05, 0.1) is 0 Å². The van der Waals surface area contributed by atoms with Gasteiger partial charge in [0, 0.05) is 24.7 Å². The molecule has 3 aromatic carbocycles. The number of carbonyl (C=O) groups is 1. The summed E-state index contributed by atoms with van der Waals surface area (Å²) < 4.78 is 32.7. The first-order chi connectivity index (χ1) is 17.3. The highest BCUT2D eigenvalue weighted by Crippen LogP contribution is 2.39. The van der Waals surface area contributed by atoms with Crippen molar-refractivity contribution >= 4 is 6.09 Å². The average Bonchev–Trinajstić information content (AvgIpc) is 2.87. The van der Waals surface area contributed by atoms with Crippen LogP contribution in [0.2, 0.25) is 0 Å². The van der Waals surface area contributed by atoms with Gasteiger partial charge in [-0.2, -0.15) is 0 Å². The molecule has 1 aliphatic heterocycles. The van der Waals surface area contributed by atoms with Gasteiger partial charge >= 0.3 is 6.09 Å². The average molecular weight is 492 g/mol. The van der Waals surface area contributed by atoms with Gasteiger partial charge in [-0.05, 0) is 56.7 Å². The second kappa shape index (κ2) is 11.5. The zero-order valence-corrected chi connectivity index (χ0v) is 21.2. The van der Waals surface area contributed by atoms with Crippen molar-refractivity contribution in [3.05, 3.63) is 95.3 Å². The van der Waals surface area contributed by atoms with Crippen LogP contribution in [0.25, 0.3) is 0 Å². The zero-order valence-electron chi connectivity index (χ0n) is 21.2. The van der Waals surface area contributed by atoms with Gasteiger partial charge in [0.2, 0.25) is 0 Å². The van der Waals surface area contributed by atoms with Crippen LogP contribution in [0.15, 0.2) is 72.8 Å². The Labute approximate surface area is 212 Å². The van der Waals surface area contributed by atoms with Crippen LogP contribution in [0.3, 0.4) is 0 Å². The standard InChI is InChI=1S/C30H34FNO4/c1-30(2,3)36-29(33)32-16-14-24(15-17-32)25-18-26(31)28(35-21-23-12-8-5-9-13-23)19-27(25)34-20-22-10-6-4-7-11-22/h4-13,18-19,24H,14-17,20-21H2,1-3H3. The van der Waals surface area contributed by atoms with Crippen LogP contribution in [-0.4, -0.2) is 29.7 Å². The van der Waals surface area contributed by atoms with Crippen molar-refractivity contribution in [3.8, 4) is 11.5 Å². The first-order valence-corrected chi connectivity index (χ1v) is 12.4. The number of piperidine rings is 1. The van der Waals surface area contributed by atoms with Crippen LogP contribution in [-0.2, 0) is 18.0 Å². The Bertz CT molecular complexity index is 1140. The summed E-state index contributed by atoms with van der Waals surface area (Å²) in [5, 5.41) is 0. The second-order valence-electron chi connectivity index (χ2n) is 10.1. The number of amides is 1. The fourth-order valence-electron chi connectivity index (χ4n) is 4.27. The first kappa shape index (κ1) is 25.5. The van der Waals surface area contributed by atoms with Crippen LogP contribution < -0.4 is 9.47 Å². The Morgan fingerprint density at radius 3 is 1.92 bits per heavy atom. The van der Waals surface area contributed by atoms with E-state index in [4.69, 9.17) is 14.2 Å². The Balaban J connectivity index is 1.51. The SMILES string of the molecule is CC(C)(C)OC(=O)N1CCC(c2cc(F)c(OCc3ccccc3)cc2OCc2ccccc2)CC1. The number of nitrogens with zero attached hydrogens (tertiary/aromatic N) is 1. The minimum Gasteiger partial charge on any atom is -0.488 e. The number of halogens is 1. The maximum atomic E-state index is 15.2. The van der Waals surface area contributed by atoms with Gasteiger partial charge in [0.15, 0.2) is 11.6 Å². The minimum atomic E-state index is -0.537. The number of carbonyl (C=O) groups excluding carboxylic acids is 1. The molecule has 0 spiro atoms. The number of hydrogen-bond donors (Lipinski definition) is 0. The van der Waals surface area contributed by atoms with E-state index in [2.05, 4.69) is 0 Å². The van der Waals surface area contributed by atoms with E-state index in [0.29, 0.717) is 38.3 Å². The first-order valence-electron chi connectivity index (χ1n) is 12.4. The molecule has 3 aromatic rings. The predicted octanol–water partition coefficient (Wildman–Crippen LogP) is 7.10. The predicted molar refractivity (Wildman–Crippen MR) is 138 cm³/mol. The highest BCUT2D eigenvalue weighted by atomic mass is 19.1. The van der Waals surface area contributed by atoms with E-state index in [9.17, 15) is 4.79 Å². The van der Waals surface area contributed by atoms with E-state index < -0.39 is 11.4 Å². The summed E-state index contributed by atoms with van der Waals surface area (Å²) in [5.41, 5.74) is 2.26. The third-order valence-electron chi connectivity index (χ3n) is 6.13. The molecule has 0 atom stereocenters. The molecule has 1 heterocycles. The van der Waals surface area contributed by atoms with E-state index in [1.165, 1.54) is 6.07 Å². The number of hydrogen-bond acceptors (Lipinski definition) is 4. The molecule has 0 N–H and O–H groups in total. The Morgan fingerprint density at radius 2 is 1.39 bits per heavy atom. The normalized spacial score (nSPS) is 14.4. The van der Waals surface area contributed by atoms with Crippen molar-refractivity contribution in [1.82, 2.24) is 4.90 Å². The summed E-state index contributed by atoms with van der Waals surface area (Å²) in [6, 6.07) is 22.7. The summed E-state index contributed by atoms with van der Waals surface area (Å²) in [4.78, 5) is 14.2. The number of rotatable bonds is 7. The van der Waals surface area contributed by atoms with Crippen molar-refractivity contribution in [2.75, 3.05) is 13.1 Å². The number of benzene rings is 3. The highest BCUT2D eigenvalue weighted by molar-refractivity contribution is 5.68. The monoisotopic (exact) mass is 491 g/mol. The zero-order chi connectivity index (χ0) is 25.5. The Morgan fingerprint density at radius 1 is 0.861 bits per heavy atom. The van der Waals surface area contributed by atoms with Gasteiger partial charge in [-0.3, -0.25) is 0 Å². The highest BCUT2D eigenvalue weighted by Gasteiger charge is 2.29. The van der Waals surface area contributed by atoms with E-state index in [-0.39, 0.29) is 24.4 Å². The van der Waals surface area contributed by atoms with Gasteiger partial charge in [0.25, 0.3) is 0 Å². The summed E-state index contributed by atoms with van der Waals surface area (Å²) in [5.74, 6) is 0.422. The van der Waals surface area contributed by atoms with Crippen molar-refractivity contribution < 1.29 is 23.4 Å². The van der Waals surface area contributed by atoms with Crippen molar-refractivity contribution in [3.63, 3.8) is 0 Å². The van der Waals surface area contributed by atoms with E-state index in [0.717, 1.165) is 16.7 Å². The van der Waals surface area contributed by atoms with Crippen LogP contribution in [0.1, 0.15) is 56.2 Å². The van der Waals surface area contributed by atoms with Crippen molar-refractivity contribution in [2.24, 2.45) is 0 Å². The molecular formula is C30H34FNO4. The molecule has 6 heteroatoms. The molecule has 1 fully saturated rings. The lowest BCUT2D eigenvalue weighted by atomic mass is 9.88. The lowest BCUT2D eigenvalue weighted by Gasteiger charge is -2.34. The molecular weight excluding hydrogens is 457 g/mol. The summed E-state index contributed by atoms with van der Waals surface area (Å²) in [6.07, 6.45) is 1.09. The molecule has 0 unspecified atom stereocenters. The fraction of sp³-hybridized carbons (Fsp3) is 0.367. The molecule has 190 valence electrons. The topological polar surface area (TPSA) is 48.0 Å². The van der Waals surface area contributed by atoms with Crippen LogP contribution in [0.5, 0.6) is 11.5 Å². The molecule has 36 heavy (non-hydrogen) atoms. The Hall–Kier alpha value is -3.54. The maximum absolute atomic E-state index is 15.2. The number of likely N-dealkylation sites (tertiary alicyclic amines) is 1. The quantitative estimate of drug-likeness (QED) is 0.354. The van der Waals surface area contributed by atoms with E-state index >= 15 is 4.39 Å². The van der Waals surface area contributed by atoms with Crippen molar-refractivity contribution in [1.29, 1.82) is 0 Å². The van der Waals surface area contributed by atoms with E-state index in [1.807, 2.05) is 81.4 Å². The van der Waals surface area contributed by atoms with Gasteiger partial charge in [-0.15, -0.1) is 0 Å². The third kappa shape index (κ3) is 7.00.